The number of ether oxygens (including phenoxy) is 3. The number of aromatic nitrogens is 4. The first-order valence-corrected chi connectivity index (χ1v) is 10.7. The molecule has 0 amide bonds. The average molecular weight is 450 g/mol. The zero-order chi connectivity index (χ0) is 23.5. The van der Waals surface area contributed by atoms with Gasteiger partial charge >= 0.3 is 5.97 Å². The molecule has 1 aliphatic heterocycles. The van der Waals surface area contributed by atoms with E-state index in [1.807, 2.05) is 63.2 Å². The van der Waals surface area contributed by atoms with Gasteiger partial charge in [-0.05, 0) is 61.4 Å². The molecule has 172 valence electrons. The number of tetrazole rings is 1. The van der Waals surface area contributed by atoms with Crippen LogP contribution in [0.4, 0.5) is 5.95 Å². The number of nitrogens with one attached hydrogen (secondary N) is 1. The van der Waals surface area contributed by atoms with Gasteiger partial charge in [-0.1, -0.05) is 41.0 Å². The van der Waals surface area contributed by atoms with Crippen LogP contribution < -0.4 is 14.8 Å². The maximum atomic E-state index is 13.0. The summed E-state index contributed by atoms with van der Waals surface area (Å²) >= 11 is 0. The molecule has 0 bridgehead atoms. The number of carbonyl (C=O) groups is 1. The smallest absolute Gasteiger partial charge is 0.338 e. The second-order valence-electron chi connectivity index (χ2n) is 8.15. The van der Waals surface area contributed by atoms with Crippen LogP contribution >= 0.6 is 0 Å². The number of fused-ring (bicyclic) bond motifs is 1. The van der Waals surface area contributed by atoms with Crippen LogP contribution in [0, 0.1) is 6.92 Å². The maximum absolute atomic E-state index is 13.0. The Hall–Kier alpha value is -3.88. The molecule has 1 aliphatic rings. The van der Waals surface area contributed by atoms with Crippen LogP contribution in [-0.4, -0.2) is 39.4 Å². The lowest BCUT2D eigenvalue weighted by atomic mass is 9.95. The minimum atomic E-state index is -0.581. The van der Waals surface area contributed by atoms with Gasteiger partial charge in [-0.2, -0.15) is 4.68 Å². The van der Waals surface area contributed by atoms with Crippen molar-refractivity contribution in [1.82, 2.24) is 20.2 Å². The van der Waals surface area contributed by atoms with Crippen molar-refractivity contribution >= 4 is 11.9 Å². The highest BCUT2D eigenvalue weighted by Gasteiger charge is 2.35. The number of anilines is 1. The number of hydrogen-bond donors (Lipinski definition) is 1. The van der Waals surface area contributed by atoms with Gasteiger partial charge < -0.3 is 19.5 Å². The van der Waals surface area contributed by atoms with Gasteiger partial charge in [0.25, 0.3) is 0 Å². The molecule has 33 heavy (non-hydrogen) atoms. The SMILES string of the molecule is COc1cc([C@H]2C(C(=O)OC(C)C)=C(C)Nc3nnnn32)ccc1OCc1ccc(C)cc1. The number of aryl methyl sites for hydroxylation is 1. The van der Waals surface area contributed by atoms with Gasteiger partial charge in [0.1, 0.15) is 12.6 Å². The van der Waals surface area contributed by atoms with Crippen LogP contribution in [0.3, 0.4) is 0 Å². The summed E-state index contributed by atoms with van der Waals surface area (Å²) in [5.74, 6) is 1.15. The van der Waals surface area contributed by atoms with Crippen molar-refractivity contribution in [3.8, 4) is 11.5 Å². The van der Waals surface area contributed by atoms with Crippen molar-refractivity contribution in [2.75, 3.05) is 12.4 Å². The number of rotatable bonds is 7. The van der Waals surface area contributed by atoms with Crippen LogP contribution in [-0.2, 0) is 16.1 Å². The van der Waals surface area contributed by atoms with E-state index in [9.17, 15) is 4.79 Å². The summed E-state index contributed by atoms with van der Waals surface area (Å²) < 4.78 is 18.7. The molecule has 0 radical (unpaired) electrons. The molecule has 0 saturated heterocycles. The van der Waals surface area contributed by atoms with Crippen molar-refractivity contribution in [2.24, 2.45) is 0 Å². The fourth-order valence-corrected chi connectivity index (χ4v) is 3.68. The van der Waals surface area contributed by atoms with Crippen molar-refractivity contribution in [3.05, 3.63) is 70.4 Å². The monoisotopic (exact) mass is 449 g/mol. The first-order valence-electron chi connectivity index (χ1n) is 10.7. The van der Waals surface area contributed by atoms with Crippen molar-refractivity contribution < 1.29 is 19.0 Å². The predicted molar refractivity (Wildman–Crippen MR) is 122 cm³/mol. The molecule has 0 saturated carbocycles. The first-order chi connectivity index (χ1) is 15.9. The third-order valence-corrected chi connectivity index (χ3v) is 5.30. The topological polar surface area (TPSA) is 100 Å². The van der Waals surface area contributed by atoms with E-state index < -0.39 is 12.0 Å². The van der Waals surface area contributed by atoms with E-state index in [0.29, 0.717) is 35.3 Å². The van der Waals surface area contributed by atoms with Crippen LogP contribution in [0.2, 0.25) is 0 Å². The van der Waals surface area contributed by atoms with Crippen molar-refractivity contribution in [2.45, 2.75) is 46.4 Å². The summed E-state index contributed by atoms with van der Waals surface area (Å²) in [6.07, 6.45) is -0.263. The van der Waals surface area contributed by atoms with E-state index >= 15 is 0 Å². The van der Waals surface area contributed by atoms with Crippen LogP contribution in [0.5, 0.6) is 11.5 Å². The lowest BCUT2D eigenvalue weighted by molar-refractivity contribution is -0.143. The number of carbonyl (C=O) groups excluding carboxylic acids is 1. The molecule has 9 heteroatoms. The molecular formula is C24H27N5O4. The highest BCUT2D eigenvalue weighted by atomic mass is 16.5. The predicted octanol–water partition coefficient (Wildman–Crippen LogP) is 3.81. The first kappa shape index (κ1) is 22.3. The van der Waals surface area contributed by atoms with Gasteiger partial charge in [0, 0.05) is 5.70 Å². The van der Waals surface area contributed by atoms with E-state index in [4.69, 9.17) is 14.2 Å². The molecule has 1 atom stereocenters. The molecule has 0 unspecified atom stereocenters. The molecule has 9 nitrogen and oxygen atoms in total. The summed E-state index contributed by atoms with van der Waals surface area (Å²) in [5, 5.41) is 15.0. The van der Waals surface area contributed by atoms with Gasteiger partial charge in [-0.15, -0.1) is 0 Å². The Kier molecular flexibility index (Phi) is 6.30. The van der Waals surface area contributed by atoms with E-state index in [0.717, 1.165) is 11.1 Å². The number of methoxy groups -OCH3 is 1. The van der Waals surface area contributed by atoms with Crippen LogP contribution in [0.1, 0.15) is 43.5 Å². The minimum Gasteiger partial charge on any atom is -0.493 e. The Labute approximate surface area is 192 Å². The quantitative estimate of drug-likeness (QED) is 0.544. The minimum absolute atomic E-state index is 0.263. The Bertz CT molecular complexity index is 1180. The Balaban J connectivity index is 1.67. The number of benzene rings is 2. The van der Waals surface area contributed by atoms with Gasteiger partial charge in [-0.25, -0.2) is 4.79 Å². The molecule has 3 aromatic rings. The zero-order valence-corrected chi connectivity index (χ0v) is 19.3. The molecule has 0 spiro atoms. The summed E-state index contributed by atoms with van der Waals surface area (Å²) in [4.78, 5) is 13.0. The third kappa shape index (κ3) is 4.67. The van der Waals surface area contributed by atoms with E-state index in [-0.39, 0.29) is 6.10 Å². The van der Waals surface area contributed by atoms with E-state index in [2.05, 4.69) is 20.8 Å². The second-order valence-corrected chi connectivity index (χ2v) is 8.15. The molecule has 1 N–H and O–H groups in total. The largest absolute Gasteiger partial charge is 0.493 e. The molecule has 1 aromatic heterocycles. The normalized spacial score (nSPS) is 15.2. The molecule has 0 fully saturated rings. The van der Waals surface area contributed by atoms with E-state index in [1.165, 1.54) is 5.56 Å². The molecule has 0 aliphatic carbocycles. The highest BCUT2D eigenvalue weighted by molar-refractivity contribution is 5.92. The molecule has 2 heterocycles. The van der Waals surface area contributed by atoms with Gasteiger partial charge in [0.2, 0.25) is 5.95 Å². The van der Waals surface area contributed by atoms with Gasteiger partial charge in [-0.3, -0.25) is 0 Å². The van der Waals surface area contributed by atoms with E-state index in [1.54, 1.807) is 18.7 Å². The number of esters is 1. The highest BCUT2D eigenvalue weighted by Crippen LogP contribution is 2.39. The molecular weight excluding hydrogens is 422 g/mol. The van der Waals surface area contributed by atoms with Gasteiger partial charge in [0.15, 0.2) is 11.5 Å². The fourth-order valence-electron chi connectivity index (χ4n) is 3.68. The number of nitrogens with zero attached hydrogens (tertiary/aromatic N) is 4. The Morgan fingerprint density at radius 3 is 2.58 bits per heavy atom. The van der Waals surface area contributed by atoms with Crippen molar-refractivity contribution in [1.29, 1.82) is 0 Å². The third-order valence-electron chi connectivity index (χ3n) is 5.30. The summed E-state index contributed by atoms with van der Waals surface area (Å²) in [5.41, 5.74) is 4.07. The standard InChI is InChI=1S/C24H27N5O4/c1-14(2)33-23(30)21-16(4)25-24-26-27-28-29(24)22(21)18-10-11-19(20(12-18)31-5)32-13-17-8-6-15(3)7-9-17/h6-12,14,22H,13H2,1-5H3,(H,25,26,28)/t22-/m0/s1. The lowest BCUT2D eigenvalue weighted by Gasteiger charge is -2.28. The molecule has 2 aromatic carbocycles. The van der Waals surface area contributed by atoms with Gasteiger partial charge in [0.05, 0.1) is 18.8 Å². The summed E-state index contributed by atoms with van der Waals surface area (Å²) in [6.45, 7) is 7.88. The van der Waals surface area contributed by atoms with Crippen molar-refractivity contribution in [3.63, 3.8) is 0 Å². The fraction of sp³-hybridized carbons (Fsp3) is 0.333. The van der Waals surface area contributed by atoms with Crippen LogP contribution in [0.25, 0.3) is 0 Å². The lowest BCUT2D eigenvalue weighted by Crippen LogP contribution is -2.30. The maximum Gasteiger partial charge on any atom is 0.338 e. The Morgan fingerprint density at radius 2 is 1.88 bits per heavy atom. The zero-order valence-electron chi connectivity index (χ0n) is 19.3. The molecule has 4 rings (SSSR count). The Morgan fingerprint density at radius 1 is 1.12 bits per heavy atom. The average Bonchev–Trinajstić information content (AvgIpc) is 3.25. The number of allylic oxidation sites excluding steroid dienone is 1. The summed E-state index contributed by atoms with van der Waals surface area (Å²) in [7, 11) is 1.58. The second kappa shape index (κ2) is 9.32. The van der Waals surface area contributed by atoms with Crippen LogP contribution in [0.15, 0.2) is 53.7 Å². The number of hydrogen-bond acceptors (Lipinski definition) is 8. The summed E-state index contributed by atoms with van der Waals surface area (Å²) in [6, 6.07) is 13.1.